The van der Waals surface area contributed by atoms with Crippen LogP contribution < -0.4 is 20.5 Å². The predicted octanol–water partition coefficient (Wildman–Crippen LogP) is 7.86. The molecular formula is C31H54N2O3. The largest absolute Gasteiger partial charge is 0.493 e. The first kappa shape index (κ1) is 32.0. The molecule has 1 rings (SSSR count). The molecule has 0 spiro atoms. The molecule has 0 radical (unpaired) electrons. The highest BCUT2D eigenvalue weighted by atomic mass is 16.5. The lowest BCUT2D eigenvalue weighted by molar-refractivity contribution is -0.119. The van der Waals surface area contributed by atoms with Crippen molar-refractivity contribution in [2.24, 2.45) is 5.73 Å². The summed E-state index contributed by atoms with van der Waals surface area (Å²) < 4.78 is 11.2. The molecule has 1 aromatic rings. The highest BCUT2D eigenvalue weighted by Crippen LogP contribution is 2.28. The number of nitrogens with two attached hydrogens (primary N) is 1. The molecule has 0 aliphatic rings. The number of carbonyl (C=O) groups excluding carboxylic acids is 1. The van der Waals surface area contributed by atoms with Crippen LogP contribution in [0, 0.1) is 0 Å². The molecule has 0 unspecified atom stereocenters. The van der Waals surface area contributed by atoms with Gasteiger partial charge in [-0.15, -0.1) is 0 Å². The van der Waals surface area contributed by atoms with Gasteiger partial charge < -0.3 is 20.5 Å². The lowest BCUT2D eigenvalue weighted by Crippen LogP contribution is -2.38. The second-order valence-electron chi connectivity index (χ2n) is 10.8. The van der Waals surface area contributed by atoms with Gasteiger partial charge in [-0.2, -0.15) is 0 Å². The third kappa shape index (κ3) is 17.4. The summed E-state index contributed by atoms with van der Waals surface area (Å²) in [6.07, 6.45) is 24.3. The van der Waals surface area contributed by atoms with Gasteiger partial charge in [-0.1, -0.05) is 103 Å². The fraction of sp³-hybridized carbons (Fsp3) is 0.710. The molecular weight excluding hydrogens is 448 g/mol. The first-order chi connectivity index (χ1) is 17.4. The Labute approximate surface area is 221 Å². The summed E-state index contributed by atoms with van der Waals surface area (Å²) in [5, 5.41) is 2.87. The van der Waals surface area contributed by atoms with Crippen LogP contribution in [0.5, 0.6) is 11.5 Å². The molecule has 0 saturated heterocycles. The van der Waals surface area contributed by atoms with E-state index < -0.39 is 5.54 Å². The monoisotopic (exact) mass is 502 g/mol. The number of allylic oxidation sites excluding steroid dienone is 1. The van der Waals surface area contributed by atoms with Crippen molar-refractivity contribution in [3.05, 3.63) is 36.0 Å². The number of benzene rings is 1. The molecule has 0 aliphatic carbocycles. The zero-order chi connectivity index (χ0) is 26.5. The van der Waals surface area contributed by atoms with E-state index in [2.05, 4.69) is 18.3 Å². The van der Waals surface area contributed by atoms with E-state index in [1.165, 1.54) is 89.9 Å². The molecule has 0 aromatic heterocycles. The maximum absolute atomic E-state index is 12.3. The Morgan fingerprint density at radius 2 is 1.44 bits per heavy atom. The highest BCUT2D eigenvalue weighted by molar-refractivity contribution is 5.79. The zero-order valence-corrected chi connectivity index (χ0v) is 23.7. The van der Waals surface area contributed by atoms with E-state index >= 15 is 0 Å². The number of rotatable bonds is 22. The quantitative estimate of drug-likeness (QED) is 0.158. The lowest BCUT2D eigenvalue weighted by Gasteiger charge is -2.20. The SMILES string of the molecule is CCCCCCCCCCCCCCCCC=CNC(=O)Cc1ccc(OCC(C)(C)N)c(OC)c1. The van der Waals surface area contributed by atoms with Gasteiger partial charge in [0, 0.05) is 5.54 Å². The van der Waals surface area contributed by atoms with Crippen molar-refractivity contribution >= 4 is 5.91 Å². The molecule has 0 bridgehead atoms. The number of amides is 1. The van der Waals surface area contributed by atoms with E-state index in [1.807, 2.05) is 32.0 Å². The Balaban J connectivity index is 2.06. The summed E-state index contributed by atoms with van der Waals surface area (Å²) >= 11 is 0. The molecule has 3 N–H and O–H groups in total. The Bertz CT molecular complexity index is 725. The predicted molar refractivity (Wildman–Crippen MR) is 153 cm³/mol. The van der Waals surface area contributed by atoms with Gasteiger partial charge in [0.15, 0.2) is 11.5 Å². The van der Waals surface area contributed by atoms with Crippen LogP contribution in [0.2, 0.25) is 0 Å². The molecule has 0 heterocycles. The molecule has 5 heteroatoms. The first-order valence-corrected chi connectivity index (χ1v) is 14.4. The Morgan fingerprint density at radius 1 is 0.889 bits per heavy atom. The van der Waals surface area contributed by atoms with Crippen molar-refractivity contribution in [2.45, 2.75) is 129 Å². The van der Waals surface area contributed by atoms with Crippen LogP contribution in [0.4, 0.5) is 0 Å². The van der Waals surface area contributed by atoms with Gasteiger partial charge in [-0.05, 0) is 50.6 Å². The van der Waals surface area contributed by atoms with Crippen molar-refractivity contribution in [3.8, 4) is 11.5 Å². The van der Waals surface area contributed by atoms with Gasteiger partial charge >= 0.3 is 0 Å². The molecule has 5 nitrogen and oxygen atoms in total. The summed E-state index contributed by atoms with van der Waals surface area (Å²) in [6.45, 7) is 6.48. The zero-order valence-electron chi connectivity index (χ0n) is 23.7. The lowest BCUT2D eigenvalue weighted by atomic mass is 10.0. The normalized spacial score (nSPS) is 11.7. The van der Waals surface area contributed by atoms with Crippen LogP contribution >= 0.6 is 0 Å². The van der Waals surface area contributed by atoms with Crippen molar-refractivity contribution in [1.29, 1.82) is 0 Å². The van der Waals surface area contributed by atoms with E-state index in [9.17, 15) is 4.79 Å². The topological polar surface area (TPSA) is 73.6 Å². The number of hydrogen-bond acceptors (Lipinski definition) is 4. The number of ether oxygens (including phenoxy) is 2. The Hall–Kier alpha value is -2.01. The number of carbonyl (C=O) groups is 1. The molecule has 0 saturated carbocycles. The molecule has 1 aromatic carbocycles. The van der Waals surface area contributed by atoms with E-state index in [-0.39, 0.29) is 5.91 Å². The summed E-state index contributed by atoms with van der Waals surface area (Å²) in [6, 6.07) is 5.56. The summed E-state index contributed by atoms with van der Waals surface area (Å²) in [5.74, 6) is 1.21. The van der Waals surface area contributed by atoms with Crippen LogP contribution in [0.3, 0.4) is 0 Å². The van der Waals surface area contributed by atoms with Crippen LogP contribution in [0.1, 0.15) is 123 Å². The van der Waals surface area contributed by atoms with Crippen molar-refractivity contribution < 1.29 is 14.3 Å². The average Bonchev–Trinajstić information content (AvgIpc) is 2.84. The van der Waals surface area contributed by atoms with E-state index in [0.29, 0.717) is 24.5 Å². The van der Waals surface area contributed by atoms with Gasteiger partial charge in [-0.3, -0.25) is 4.79 Å². The fourth-order valence-corrected chi connectivity index (χ4v) is 4.13. The van der Waals surface area contributed by atoms with Gasteiger partial charge in [0.1, 0.15) is 6.61 Å². The van der Waals surface area contributed by atoms with E-state index in [1.54, 1.807) is 13.3 Å². The standard InChI is InChI=1S/C31H54N2O3/c1-5-6-7-8-9-10-11-12-13-14-15-16-17-18-19-20-23-33-30(34)25-27-21-22-28(29(24-27)35-4)36-26-31(2,3)32/h20-24H,5-19,25-26,32H2,1-4H3,(H,33,34). The minimum atomic E-state index is -0.428. The van der Waals surface area contributed by atoms with Crippen molar-refractivity contribution in [3.63, 3.8) is 0 Å². The fourth-order valence-electron chi connectivity index (χ4n) is 4.13. The number of unbranched alkanes of at least 4 members (excludes halogenated alkanes) is 14. The average molecular weight is 503 g/mol. The number of nitrogens with one attached hydrogen (secondary N) is 1. The molecule has 36 heavy (non-hydrogen) atoms. The van der Waals surface area contributed by atoms with E-state index in [4.69, 9.17) is 15.2 Å². The minimum Gasteiger partial charge on any atom is -0.493 e. The van der Waals surface area contributed by atoms with Crippen LogP contribution in [-0.2, 0) is 11.2 Å². The Morgan fingerprint density at radius 3 is 1.97 bits per heavy atom. The van der Waals surface area contributed by atoms with E-state index in [0.717, 1.165) is 12.0 Å². The van der Waals surface area contributed by atoms with Gasteiger partial charge in [0.25, 0.3) is 0 Å². The highest BCUT2D eigenvalue weighted by Gasteiger charge is 2.14. The molecule has 206 valence electrons. The second-order valence-corrected chi connectivity index (χ2v) is 10.8. The number of hydrogen-bond donors (Lipinski definition) is 2. The number of methoxy groups -OCH3 is 1. The van der Waals surface area contributed by atoms with Crippen molar-refractivity contribution in [1.82, 2.24) is 5.32 Å². The molecule has 0 fully saturated rings. The Kier molecular flexibility index (Phi) is 17.9. The van der Waals surface area contributed by atoms with Gasteiger partial charge in [-0.25, -0.2) is 0 Å². The maximum Gasteiger partial charge on any atom is 0.228 e. The summed E-state index contributed by atoms with van der Waals surface area (Å²) in [7, 11) is 1.60. The van der Waals surface area contributed by atoms with Crippen LogP contribution in [0.15, 0.2) is 30.5 Å². The molecule has 0 aliphatic heterocycles. The molecule has 0 atom stereocenters. The minimum absolute atomic E-state index is 0.0361. The summed E-state index contributed by atoms with van der Waals surface area (Å²) in [4.78, 5) is 12.3. The van der Waals surface area contributed by atoms with Crippen LogP contribution in [-0.4, -0.2) is 25.2 Å². The van der Waals surface area contributed by atoms with Gasteiger partial charge in [0.05, 0.1) is 13.5 Å². The van der Waals surface area contributed by atoms with Crippen LogP contribution in [0.25, 0.3) is 0 Å². The van der Waals surface area contributed by atoms with Gasteiger partial charge in [0.2, 0.25) is 5.91 Å². The molecule has 1 amide bonds. The smallest absolute Gasteiger partial charge is 0.228 e. The second kappa shape index (κ2) is 20.1. The maximum atomic E-state index is 12.3. The van der Waals surface area contributed by atoms with Crippen molar-refractivity contribution in [2.75, 3.05) is 13.7 Å². The third-order valence-electron chi connectivity index (χ3n) is 6.28. The third-order valence-corrected chi connectivity index (χ3v) is 6.28. The first-order valence-electron chi connectivity index (χ1n) is 14.4. The summed E-state index contributed by atoms with van der Waals surface area (Å²) in [5.41, 5.74) is 6.43.